The number of nitrogen functional groups attached to an aromatic ring is 1. The first kappa shape index (κ1) is 24.5. The van der Waals surface area contributed by atoms with Crippen molar-refractivity contribution in [3.8, 4) is 0 Å². The number of nitrogens with one attached hydrogen (secondary N) is 1. The minimum absolute atomic E-state index is 0.139. The fourth-order valence-corrected chi connectivity index (χ4v) is 3.67. The van der Waals surface area contributed by atoms with Crippen molar-refractivity contribution in [1.29, 1.82) is 0 Å². The Bertz CT molecular complexity index is 744. The monoisotopic (exact) mass is 437 g/mol. The molecule has 0 saturated carbocycles. The molecule has 1 heterocycles. The van der Waals surface area contributed by atoms with Crippen LogP contribution in [-0.4, -0.2) is 113 Å². The fraction of sp³-hybridized carbons (Fsp3) is 0.550. The van der Waals surface area contributed by atoms with E-state index in [0.717, 1.165) is 5.56 Å². The lowest BCUT2D eigenvalue weighted by Gasteiger charge is -2.36. The average Bonchev–Trinajstić information content (AvgIpc) is 2.67. The van der Waals surface area contributed by atoms with E-state index in [0.29, 0.717) is 51.5 Å². The van der Waals surface area contributed by atoms with Gasteiger partial charge in [-0.25, -0.2) is 0 Å². The van der Waals surface area contributed by atoms with E-state index in [4.69, 9.17) is 5.73 Å². The molecule has 6 N–H and O–H groups in total. The maximum atomic E-state index is 11.6. The number of carbonyl (C=O) groups is 3. The van der Waals surface area contributed by atoms with E-state index in [1.54, 1.807) is 26.8 Å². The Labute approximate surface area is 181 Å². The highest BCUT2D eigenvalue weighted by Gasteiger charge is 2.27. The largest absolute Gasteiger partial charge is 0.480 e. The predicted octanol–water partition coefficient (Wildman–Crippen LogP) is -0.927. The summed E-state index contributed by atoms with van der Waals surface area (Å²) in [5.74, 6) is -2.91. The second kappa shape index (κ2) is 12.2. The van der Waals surface area contributed by atoms with Crippen LogP contribution in [0.2, 0.25) is 0 Å². The van der Waals surface area contributed by atoms with Gasteiger partial charge < -0.3 is 26.4 Å². The molecule has 1 aliphatic heterocycles. The van der Waals surface area contributed by atoms with Gasteiger partial charge in [-0.15, -0.1) is 0 Å². The van der Waals surface area contributed by atoms with Crippen molar-refractivity contribution in [2.24, 2.45) is 0 Å². The lowest BCUT2D eigenvalue weighted by atomic mass is 10.0. The molecule has 31 heavy (non-hydrogen) atoms. The maximum Gasteiger partial charge on any atom is 0.317 e. The molecule has 0 spiro atoms. The van der Waals surface area contributed by atoms with Gasteiger partial charge in [0, 0.05) is 57.5 Å². The van der Waals surface area contributed by atoms with E-state index in [9.17, 15) is 29.7 Å². The zero-order chi connectivity index (χ0) is 22.8. The van der Waals surface area contributed by atoms with Crippen LogP contribution < -0.4 is 11.1 Å². The van der Waals surface area contributed by atoms with Crippen molar-refractivity contribution in [1.82, 2.24) is 20.0 Å². The molecule has 1 saturated heterocycles. The van der Waals surface area contributed by atoms with E-state index in [1.165, 1.54) is 0 Å². The Balaban J connectivity index is 2.35. The van der Waals surface area contributed by atoms with Crippen LogP contribution in [-0.2, 0) is 14.4 Å². The number of rotatable bonds is 7. The lowest BCUT2D eigenvalue weighted by Crippen LogP contribution is -2.48. The van der Waals surface area contributed by atoms with Crippen LogP contribution in [0.5, 0.6) is 0 Å². The summed E-state index contributed by atoms with van der Waals surface area (Å²) < 4.78 is 0. The Morgan fingerprint density at radius 2 is 1.39 bits per heavy atom. The summed E-state index contributed by atoms with van der Waals surface area (Å²) in [6, 6.07) is 6.68. The van der Waals surface area contributed by atoms with Crippen molar-refractivity contribution in [2.45, 2.75) is 6.04 Å². The standard InChI is InChI=1S/C20H31N5O6/c21-16-3-1-15(2-4-16)17-11-24(13-19(28)29)8-6-22-5-7-23(12-18(26)27)9-10-25(17)14-20(30)31/h1-4,17,22H,5-14,21H2,(H,26,27)(H,28,29)(H,30,31). The highest BCUT2D eigenvalue weighted by molar-refractivity contribution is 5.70. The molecule has 1 aliphatic rings. The van der Waals surface area contributed by atoms with Gasteiger partial charge in [0.2, 0.25) is 0 Å². The molecule has 1 unspecified atom stereocenters. The Hall–Kier alpha value is -2.73. The molecule has 1 aromatic carbocycles. The summed E-state index contributed by atoms with van der Waals surface area (Å²) in [7, 11) is 0. The Kier molecular flexibility index (Phi) is 9.66. The first-order valence-electron chi connectivity index (χ1n) is 10.1. The fourth-order valence-electron chi connectivity index (χ4n) is 3.67. The quantitative estimate of drug-likeness (QED) is 0.335. The van der Waals surface area contributed by atoms with Crippen molar-refractivity contribution >= 4 is 23.6 Å². The van der Waals surface area contributed by atoms with Crippen LogP contribution in [0.25, 0.3) is 0 Å². The van der Waals surface area contributed by atoms with Crippen molar-refractivity contribution in [3.05, 3.63) is 29.8 Å². The van der Waals surface area contributed by atoms with Gasteiger partial charge in [0.1, 0.15) is 0 Å². The first-order chi connectivity index (χ1) is 14.7. The number of carboxylic acid groups (broad SMARTS) is 3. The van der Waals surface area contributed by atoms with Gasteiger partial charge in [-0.2, -0.15) is 0 Å². The molecule has 1 aromatic rings. The number of nitrogens with zero attached hydrogens (tertiary/aromatic N) is 3. The van der Waals surface area contributed by atoms with Gasteiger partial charge in [0.25, 0.3) is 0 Å². The molecule has 0 amide bonds. The van der Waals surface area contributed by atoms with E-state index in [1.807, 2.05) is 12.1 Å². The summed E-state index contributed by atoms with van der Waals surface area (Å²) in [5, 5.41) is 31.2. The molecule has 11 nitrogen and oxygen atoms in total. The number of benzene rings is 1. The minimum Gasteiger partial charge on any atom is -0.480 e. The number of anilines is 1. The van der Waals surface area contributed by atoms with Gasteiger partial charge >= 0.3 is 17.9 Å². The molecular weight excluding hydrogens is 406 g/mol. The SMILES string of the molecule is Nc1ccc(C2CN(CC(=O)O)CCNCCN(CC(=O)O)CCN2CC(=O)O)cc1. The number of carboxylic acids is 3. The van der Waals surface area contributed by atoms with Gasteiger partial charge in [0.15, 0.2) is 0 Å². The molecule has 2 rings (SSSR count). The van der Waals surface area contributed by atoms with Crippen molar-refractivity contribution in [3.63, 3.8) is 0 Å². The summed E-state index contributed by atoms with van der Waals surface area (Å²) in [6.07, 6.45) is 0. The van der Waals surface area contributed by atoms with Gasteiger partial charge in [0.05, 0.1) is 19.6 Å². The second-order valence-corrected chi connectivity index (χ2v) is 7.60. The molecule has 1 atom stereocenters. The first-order valence-corrected chi connectivity index (χ1v) is 10.1. The molecule has 0 aromatic heterocycles. The third-order valence-corrected chi connectivity index (χ3v) is 5.16. The predicted molar refractivity (Wildman–Crippen MR) is 114 cm³/mol. The zero-order valence-electron chi connectivity index (χ0n) is 17.4. The van der Waals surface area contributed by atoms with E-state index >= 15 is 0 Å². The van der Waals surface area contributed by atoms with E-state index in [2.05, 4.69) is 5.32 Å². The summed E-state index contributed by atoms with van der Waals surface area (Å²) in [5.41, 5.74) is 7.19. The molecule has 0 aliphatic carbocycles. The van der Waals surface area contributed by atoms with Gasteiger partial charge in [-0.1, -0.05) is 12.1 Å². The third kappa shape index (κ3) is 8.89. The van der Waals surface area contributed by atoms with Gasteiger partial charge in [-0.05, 0) is 17.7 Å². The molecule has 0 radical (unpaired) electrons. The number of hydrogen-bond acceptors (Lipinski definition) is 8. The molecule has 172 valence electrons. The summed E-state index contributed by atoms with van der Waals surface area (Å²) in [4.78, 5) is 39.5. The molecular formula is C20H31N5O6. The minimum atomic E-state index is -1.01. The van der Waals surface area contributed by atoms with Crippen LogP contribution >= 0.6 is 0 Å². The van der Waals surface area contributed by atoms with Crippen LogP contribution in [0.15, 0.2) is 24.3 Å². The van der Waals surface area contributed by atoms with Crippen molar-refractivity contribution < 1.29 is 29.7 Å². The highest BCUT2D eigenvalue weighted by Crippen LogP contribution is 2.23. The smallest absolute Gasteiger partial charge is 0.317 e. The molecule has 11 heteroatoms. The second-order valence-electron chi connectivity index (χ2n) is 7.60. The Morgan fingerprint density at radius 3 is 1.97 bits per heavy atom. The molecule has 1 fully saturated rings. The van der Waals surface area contributed by atoms with E-state index in [-0.39, 0.29) is 19.6 Å². The van der Waals surface area contributed by atoms with E-state index < -0.39 is 23.9 Å². The number of aliphatic carboxylic acids is 3. The summed E-state index contributed by atoms with van der Waals surface area (Å²) in [6.45, 7) is 2.45. The average molecular weight is 437 g/mol. The van der Waals surface area contributed by atoms with Crippen LogP contribution in [0, 0.1) is 0 Å². The Morgan fingerprint density at radius 1 is 0.839 bits per heavy atom. The normalized spacial score (nSPS) is 20.5. The highest BCUT2D eigenvalue weighted by atomic mass is 16.4. The van der Waals surface area contributed by atoms with Gasteiger partial charge in [-0.3, -0.25) is 29.1 Å². The third-order valence-electron chi connectivity index (χ3n) is 5.16. The van der Waals surface area contributed by atoms with Crippen LogP contribution in [0.3, 0.4) is 0 Å². The topological polar surface area (TPSA) is 160 Å². The maximum absolute atomic E-state index is 11.6. The van der Waals surface area contributed by atoms with Crippen LogP contribution in [0.4, 0.5) is 5.69 Å². The molecule has 0 bridgehead atoms. The van der Waals surface area contributed by atoms with Crippen LogP contribution in [0.1, 0.15) is 11.6 Å². The zero-order valence-corrected chi connectivity index (χ0v) is 17.4. The number of nitrogens with two attached hydrogens (primary N) is 1. The summed E-state index contributed by atoms with van der Waals surface area (Å²) >= 11 is 0. The van der Waals surface area contributed by atoms with Crippen molar-refractivity contribution in [2.75, 3.05) is 71.2 Å². The number of hydrogen-bond donors (Lipinski definition) is 5. The lowest BCUT2D eigenvalue weighted by molar-refractivity contribution is -0.141.